The second kappa shape index (κ2) is 5.10. The second-order valence-corrected chi connectivity index (χ2v) is 4.38. The Morgan fingerprint density at radius 1 is 1.36 bits per heavy atom. The molecule has 84 valence electrons. The van der Waals surface area contributed by atoms with E-state index in [1.807, 2.05) is 13.8 Å². The summed E-state index contributed by atoms with van der Waals surface area (Å²) in [5.41, 5.74) is 5.23. The third-order valence-electron chi connectivity index (χ3n) is 3.39. The Hall–Kier alpha value is -0.120. The molecule has 0 aromatic heterocycles. The van der Waals surface area contributed by atoms with Gasteiger partial charge in [0.2, 0.25) is 0 Å². The molecule has 0 aromatic carbocycles. The van der Waals surface area contributed by atoms with Gasteiger partial charge in [-0.15, -0.1) is 0 Å². The van der Waals surface area contributed by atoms with E-state index in [-0.39, 0.29) is 12.1 Å². The maximum Gasteiger partial charge on any atom is 0.0875 e. The highest BCUT2D eigenvalue weighted by atomic mass is 16.5. The number of ether oxygens (including phenoxy) is 1. The number of hydrogen-bond donors (Lipinski definition) is 2. The van der Waals surface area contributed by atoms with Gasteiger partial charge in [0.15, 0.2) is 0 Å². The van der Waals surface area contributed by atoms with Gasteiger partial charge in [0, 0.05) is 6.04 Å². The van der Waals surface area contributed by atoms with E-state index in [9.17, 15) is 5.11 Å². The fraction of sp³-hybridized carbons (Fsp3) is 1.00. The first-order valence-corrected chi connectivity index (χ1v) is 5.71. The van der Waals surface area contributed by atoms with Gasteiger partial charge in [0.05, 0.1) is 18.3 Å². The van der Waals surface area contributed by atoms with Crippen LogP contribution in [0.3, 0.4) is 0 Å². The van der Waals surface area contributed by atoms with E-state index in [1.54, 1.807) is 0 Å². The topological polar surface area (TPSA) is 55.5 Å². The first-order valence-electron chi connectivity index (χ1n) is 5.71. The highest BCUT2D eigenvalue weighted by molar-refractivity contribution is 4.83. The normalized spacial score (nSPS) is 28.3. The van der Waals surface area contributed by atoms with Crippen LogP contribution < -0.4 is 5.73 Å². The van der Waals surface area contributed by atoms with Crippen molar-refractivity contribution in [1.29, 1.82) is 0 Å². The molecule has 1 aliphatic carbocycles. The molecule has 0 spiro atoms. The van der Waals surface area contributed by atoms with Crippen LogP contribution in [0.25, 0.3) is 0 Å². The maximum absolute atomic E-state index is 10.0. The van der Waals surface area contributed by atoms with Gasteiger partial charge >= 0.3 is 0 Å². The van der Waals surface area contributed by atoms with Gasteiger partial charge < -0.3 is 15.6 Å². The van der Waals surface area contributed by atoms with Crippen LogP contribution in [0.5, 0.6) is 0 Å². The molecule has 14 heavy (non-hydrogen) atoms. The van der Waals surface area contributed by atoms with Gasteiger partial charge in [-0.2, -0.15) is 0 Å². The minimum absolute atomic E-state index is 0.166. The molecule has 1 rings (SSSR count). The molecule has 3 nitrogen and oxygen atoms in total. The monoisotopic (exact) mass is 201 g/mol. The molecular weight excluding hydrogens is 178 g/mol. The standard InChI is InChI=1S/C11H23NO2/c1-3-11(13,4-2)8-14-10-7-5-6-9(10)12/h9-10,13H,3-8,12H2,1-2H3. The van der Waals surface area contributed by atoms with E-state index in [4.69, 9.17) is 10.5 Å². The van der Waals surface area contributed by atoms with Crippen LogP contribution in [-0.2, 0) is 4.74 Å². The summed E-state index contributed by atoms with van der Waals surface area (Å²) in [4.78, 5) is 0. The SMILES string of the molecule is CCC(O)(CC)COC1CCCC1N. The van der Waals surface area contributed by atoms with Gasteiger partial charge in [-0.1, -0.05) is 13.8 Å². The van der Waals surface area contributed by atoms with Crippen LogP contribution in [0.4, 0.5) is 0 Å². The van der Waals surface area contributed by atoms with Crippen molar-refractivity contribution in [2.24, 2.45) is 5.73 Å². The van der Waals surface area contributed by atoms with Crippen LogP contribution in [0.1, 0.15) is 46.0 Å². The molecule has 1 saturated carbocycles. The van der Waals surface area contributed by atoms with Crippen LogP contribution >= 0.6 is 0 Å². The quantitative estimate of drug-likeness (QED) is 0.707. The highest BCUT2D eigenvalue weighted by Gasteiger charge is 2.29. The lowest BCUT2D eigenvalue weighted by molar-refractivity contribution is -0.0781. The Balaban J connectivity index is 2.31. The number of rotatable bonds is 5. The molecule has 1 aliphatic rings. The molecule has 0 radical (unpaired) electrons. The molecule has 0 saturated heterocycles. The number of nitrogens with two attached hydrogens (primary N) is 1. The first kappa shape index (κ1) is 12.0. The fourth-order valence-electron chi connectivity index (χ4n) is 1.88. The second-order valence-electron chi connectivity index (χ2n) is 4.38. The zero-order chi connectivity index (χ0) is 10.6. The Kier molecular flexibility index (Phi) is 4.35. The lowest BCUT2D eigenvalue weighted by Crippen LogP contribution is -2.39. The minimum atomic E-state index is -0.650. The molecule has 2 unspecified atom stereocenters. The summed E-state index contributed by atoms with van der Waals surface area (Å²) < 4.78 is 5.69. The van der Waals surface area contributed by atoms with Crippen molar-refractivity contribution in [2.45, 2.75) is 63.7 Å². The number of hydrogen-bond acceptors (Lipinski definition) is 3. The summed E-state index contributed by atoms with van der Waals surface area (Å²) in [6.07, 6.45) is 4.91. The van der Waals surface area contributed by atoms with Gasteiger partial charge in [0.25, 0.3) is 0 Å². The maximum atomic E-state index is 10.0. The first-order chi connectivity index (χ1) is 6.61. The predicted molar refractivity (Wildman–Crippen MR) is 57.1 cm³/mol. The van der Waals surface area contributed by atoms with Crippen LogP contribution in [-0.4, -0.2) is 29.5 Å². The van der Waals surface area contributed by atoms with Crippen molar-refractivity contribution in [1.82, 2.24) is 0 Å². The third-order valence-corrected chi connectivity index (χ3v) is 3.39. The highest BCUT2D eigenvalue weighted by Crippen LogP contribution is 2.23. The van der Waals surface area contributed by atoms with Crippen molar-refractivity contribution >= 4 is 0 Å². The molecular formula is C11H23NO2. The van der Waals surface area contributed by atoms with Gasteiger partial charge in [-0.25, -0.2) is 0 Å². The summed E-state index contributed by atoms with van der Waals surface area (Å²) in [6.45, 7) is 4.40. The van der Waals surface area contributed by atoms with E-state index in [0.717, 1.165) is 32.1 Å². The molecule has 0 amide bonds. The van der Waals surface area contributed by atoms with E-state index in [2.05, 4.69) is 0 Å². The van der Waals surface area contributed by atoms with Crippen LogP contribution in [0.15, 0.2) is 0 Å². The van der Waals surface area contributed by atoms with E-state index >= 15 is 0 Å². The fourth-order valence-corrected chi connectivity index (χ4v) is 1.88. The summed E-state index contributed by atoms with van der Waals surface area (Å²) in [7, 11) is 0. The van der Waals surface area contributed by atoms with Crippen molar-refractivity contribution in [2.75, 3.05) is 6.61 Å². The number of aliphatic hydroxyl groups is 1. The lowest BCUT2D eigenvalue weighted by atomic mass is 9.99. The predicted octanol–water partition coefficient (Wildman–Crippen LogP) is 1.43. The van der Waals surface area contributed by atoms with E-state index in [0.29, 0.717) is 6.61 Å². The minimum Gasteiger partial charge on any atom is -0.388 e. The molecule has 0 aromatic rings. The van der Waals surface area contributed by atoms with Gasteiger partial charge in [-0.3, -0.25) is 0 Å². The summed E-state index contributed by atoms with van der Waals surface area (Å²) in [6, 6.07) is 0.174. The molecule has 2 atom stereocenters. The van der Waals surface area contributed by atoms with Crippen molar-refractivity contribution in [3.8, 4) is 0 Å². The molecule has 3 heteroatoms. The average molecular weight is 201 g/mol. The Labute approximate surface area is 86.6 Å². The zero-order valence-corrected chi connectivity index (χ0v) is 9.33. The van der Waals surface area contributed by atoms with E-state index in [1.165, 1.54) is 0 Å². The van der Waals surface area contributed by atoms with Crippen molar-refractivity contribution in [3.05, 3.63) is 0 Å². The Bertz CT molecular complexity index is 169. The van der Waals surface area contributed by atoms with Crippen molar-refractivity contribution < 1.29 is 9.84 Å². The summed E-state index contributed by atoms with van der Waals surface area (Å²) >= 11 is 0. The molecule has 1 fully saturated rings. The smallest absolute Gasteiger partial charge is 0.0875 e. The molecule has 0 aliphatic heterocycles. The molecule has 3 N–H and O–H groups in total. The summed E-state index contributed by atoms with van der Waals surface area (Å²) in [5, 5.41) is 10.0. The Morgan fingerprint density at radius 2 is 2.00 bits per heavy atom. The van der Waals surface area contributed by atoms with Crippen LogP contribution in [0, 0.1) is 0 Å². The zero-order valence-electron chi connectivity index (χ0n) is 9.33. The van der Waals surface area contributed by atoms with Crippen LogP contribution in [0.2, 0.25) is 0 Å². The average Bonchev–Trinajstić information content (AvgIpc) is 2.61. The van der Waals surface area contributed by atoms with Crippen molar-refractivity contribution in [3.63, 3.8) is 0 Å². The Morgan fingerprint density at radius 3 is 2.43 bits per heavy atom. The molecule has 0 bridgehead atoms. The third kappa shape index (κ3) is 2.94. The van der Waals surface area contributed by atoms with Gasteiger partial charge in [-0.05, 0) is 32.1 Å². The van der Waals surface area contributed by atoms with Gasteiger partial charge in [0.1, 0.15) is 0 Å². The van der Waals surface area contributed by atoms with E-state index < -0.39 is 5.60 Å². The molecule has 0 heterocycles. The summed E-state index contributed by atoms with van der Waals surface area (Å²) in [5.74, 6) is 0. The largest absolute Gasteiger partial charge is 0.388 e. The lowest BCUT2D eigenvalue weighted by Gasteiger charge is -2.27.